The van der Waals surface area contributed by atoms with Crippen LogP contribution >= 0.6 is 0 Å². The summed E-state index contributed by atoms with van der Waals surface area (Å²) >= 11 is 0. The van der Waals surface area contributed by atoms with Crippen LogP contribution in [-0.4, -0.2) is 82.7 Å². The molecule has 2 aliphatic rings. The number of anilines is 3. The number of nitrogens with zero attached hydrogens (tertiary/aromatic N) is 6. The molecule has 212 valence electrons. The van der Waals surface area contributed by atoms with Gasteiger partial charge in [0.25, 0.3) is 0 Å². The number of hydrogen-bond acceptors (Lipinski definition) is 6. The van der Waals surface area contributed by atoms with Crippen molar-refractivity contribution in [3.05, 3.63) is 66.4 Å². The van der Waals surface area contributed by atoms with Gasteiger partial charge in [-0.2, -0.15) is 0 Å². The Kier molecular flexibility index (Phi) is 6.63. The first-order chi connectivity index (χ1) is 19.9. The Morgan fingerprint density at radius 2 is 1.68 bits per heavy atom. The number of imidazole rings is 1. The first-order valence-electron chi connectivity index (χ1n) is 14.6. The second-order valence-corrected chi connectivity index (χ2v) is 11.6. The molecular weight excluding hydrogens is 515 g/mol. The van der Waals surface area contributed by atoms with E-state index < -0.39 is 0 Å². The molecule has 5 aromatic rings. The molecule has 2 saturated heterocycles. The van der Waals surface area contributed by atoms with Gasteiger partial charge in [-0.25, -0.2) is 14.4 Å². The van der Waals surface area contributed by atoms with E-state index in [-0.39, 0.29) is 5.82 Å². The zero-order valence-electron chi connectivity index (χ0n) is 24.0. The van der Waals surface area contributed by atoms with E-state index in [2.05, 4.69) is 85.0 Å². The molecule has 2 fully saturated rings. The third-order valence-corrected chi connectivity index (χ3v) is 8.81. The van der Waals surface area contributed by atoms with Crippen molar-refractivity contribution in [1.29, 1.82) is 0 Å². The van der Waals surface area contributed by atoms with Crippen molar-refractivity contribution in [3.63, 3.8) is 0 Å². The first kappa shape index (κ1) is 26.0. The lowest BCUT2D eigenvalue weighted by Gasteiger charge is -2.34. The molecule has 5 heterocycles. The number of likely N-dealkylation sites (N-methyl/N-ethyl adjacent to an activating group) is 1. The van der Waals surface area contributed by atoms with Gasteiger partial charge in [-0.15, -0.1) is 0 Å². The van der Waals surface area contributed by atoms with Crippen LogP contribution in [0.25, 0.3) is 33.2 Å². The van der Waals surface area contributed by atoms with Crippen LogP contribution in [0.15, 0.2) is 54.7 Å². The number of aryl methyl sites for hydroxylation is 1. The number of piperidine rings is 1. The topological polar surface area (TPSA) is 68.2 Å². The fraction of sp³-hybridized carbons (Fsp3) is 0.375. The van der Waals surface area contributed by atoms with E-state index in [1.165, 1.54) is 5.69 Å². The maximum Gasteiger partial charge on any atom is 0.151 e. The van der Waals surface area contributed by atoms with Crippen LogP contribution in [-0.2, 0) is 0 Å². The Morgan fingerprint density at radius 1 is 0.902 bits per heavy atom. The third-order valence-electron chi connectivity index (χ3n) is 8.81. The van der Waals surface area contributed by atoms with E-state index in [0.717, 1.165) is 97.1 Å². The summed E-state index contributed by atoms with van der Waals surface area (Å²) in [6.07, 6.45) is 4.01. The molecule has 0 radical (unpaired) electrons. The highest BCUT2D eigenvalue weighted by atomic mass is 19.1. The molecule has 0 unspecified atom stereocenters. The van der Waals surface area contributed by atoms with Gasteiger partial charge in [0.15, 0.2) is 5.82 Å². The monoisotopic (exact) mass is 552 g/mol. The number of halogens is 1. The Morgan fingerprint density at radius 3 is 2.49 bits per heavy atom. The number of aromatic nitrogens is 4. The molecule has 2 aliphatic heterocycles. The second-order valence-electron chi connectivity index (χ2n) is 11.6. The van der Waals surface area contributed by atoms with Crippen LogP contribution in [0.4, 0.5) is 21.6 Å². The predicted molar refractivity (Wildman–Crippen MR) is 165 cm³/mol. The lowest BCUT2D eigenvalue weighted by molar-refractivity contribution is 0.222. The minimum absolute atomic E-state index is 0.284. The number of hydrogen-bond donors (Lipinski definition) is 2. The molecule has 0 amide bonds. The van der Waals surface area contributed by atoms with Crippen LogP contribution in [0.2, 0.25) is 0 Å². The summed E-state index contributed by atoms with van der Waals surface area (Å²) < 4.78 is 17.7. The highest BCUT2D eigenvalue weighted by Gasteiger charge is 2.24. The van der Waals surface area contributed by atoms with Gasteiger partial charge in [0.05, 0.1) is 5.52 Å². The Labute approximate surface area is 239 Å². The molecule has 8 nitrogen and oxygen atoms in total. The maximum absolute atomic E-state index is 15.4. The molecule has 41 heavy (non-hydrogen) atoms. The van der Waals surface area contributed by atoms with E-state index in [0.29, 0.717) is 11.6 Å². The third kappa shape index (κ3) is 4.93. The molecule has 9 heteroatoms. The molecule has 0 spiro atoms. The van der Waals surface area contributed by atoms with Gasteiger partial charge in [-0.3, -0.25) is 0 Å². The van der Waals surface area contributed by atoms with Gasteiger partial charge in [-0.1, -0.05) is 6.07 Å². The van der Waals surface area contributed by atoms with Gasteiger partial charge < -0.3 is 29.6 Å². The molecule has 2 N–H and O–H groups in total. The Hall–Kier alpha value is -3.95. The molecular formula is C32H37FN8. The number of pyridine rings is 1. The van der Waals surface area contributed by atoms with Crippen molar-refractivity contribution in [2.24, 2.45) is 0 Å². The molecule has 0 aliphatic carbocycles. The zero-order chi connectivity index (χ0) is 28.1. The van der Waals surface area contributed by atoms with Crippen molar-refractivity contribution in [3.8, 4) is 11.1 Å². The first-order valence-corrected chi connectivity index (χ1v) is 14.6. The van der Waals surface area contributed by atoms with Gasteiger partial charge in [0.1, 0.15) is 22.8 Å². The molecule has 7 rings (SSSR count). The summed E-state index contributed by atoms with van der Waals surface area (Å²) in [5.74, 6) is 1.35. The zero-order valence-corrected chi connectivity index (χ0v) is 24.0. The standard InChI is InChI=1S/C32H37FN8/c1-21-35-31-28(33)17-22(18-29(31)41(21)24-9-11-38(2)12-10-24)27-20-34-32-26(27)7-8-30(37-32)36-23-5-4-6-25(19-23)40-15-13-39(3)14-16-40/h4-8,17-20,24H,9-16H2,1-3H3,(H2,34,36,37). The lowest BCUT2D eigenvalue weighted by Crippen LogP contribution is -2.44. The largest absolute Gasteiger partial charge is 0.369 e. The van der Waals surface area contributed by atoms with Crippen molar-refractivity contribution in [2.45, 2.75) is 25.8 Å². The summed E-state index contributed by atoms with van der Waals surface area (Å²) in [6, 6.07) is 16.6. The molecule has 2 aromatic carbocycles. The molecule has 0 atom stereocenters. The maximum atomic E-state index is 15.4. The fourth-order valence-corrected chi connectivity index (χ4v) is 6.44. The van der Waals surface area contributed by atoms with Crippen molar-refractivity contribution in [2.75, 3.05) is 63.6 Å². The van der Waals surface area contributed by atoms with Gasteiger partial charge in [0.2, 0.25) is 0 Å². The number of H-pyrrole nitrogens is 1. The highest BCUT2D eigenvalue weighted by molar-refractivity contribution is 5.96. The molecule has 3 aromatic heterocycles. The Balaban J connectivity index is 1.17. The normalized spacial score (nSPS) is 17.6. The second kappa shape index (κ2) is 10.5. The van der Waals surface area contributed by atoms with Gasteiger partial charge >= 0.3 is 0 Å². The van der Waals surface area contributed by atoms with Crippen LogP contribution in [0, 0.1) is 12.7 Å². The summed E-state index contributed by atoms with van der Waals surface area (Å²) in [5.41, 5.74) is 6.08. The predicted octanol–water partition coefficient (Wildman–Crippen LogP) is 5.79. The number of piperazine rings is 1. The van der Waals surface area contributed by atoms with Crippen LogP contribution in [0.5, 0.6) is 0 Å². The van der Waals surface area contributed by atoms with Crippen molar-refractivity contribution in [1.82, 2.24) is 29.3 Å². The van der Waals surface area contributed by atoms with E-state index in [1.807, 2.05) is 19.2 Å². The minimum Gasteiger partial charge on any atom is -0.369 e. The summed E-state index contributed by atoms with van der Waals surface area (Å²) in [5, 5.41) is 4.43. The van der Waals surface area contributed by atoms with Crippen molar-refractivity contribution >= 4 is 39.3 Å². The number of rotatable bonds is 5. The molecule has 0 saturated carbocycles. The van der Waals surface area contributed by atoms with E-state index in [9.17, 15) is 0 Å². The minimum atomic E-state index is -0.284. The smallest absolute Gasteiger partial charge is 0.151 e. The number of benzene rings is 2. The number of fused-ring (bicyclic) bond motifs is 2. The average Bonchev–Trinajstić information content (AvgIpc) is 3.54. The van der Waals surface area contributed by atoms with E-state index in [1.54, 1.807) is 6.07 Å². The number of aromatic amines is 1. The molecule has 0 bridgehead atoms. The summed E-state index contributed by atoms with van der Waals surface area (Å²) in [7, 11) is 4.33. The summed E-state index contributed by atoms with van der Waals surface area (Å²) in [4.78, 5) is 19.9. The van der Waals surface area contributed by atoms with Crippen LogP contribution in [0.1, 0.15) is 24.7 Å². The van der Waals surface area contributed by atoms with Crippen LogP contribution in [0.3, 0.4) is 0 Å². The SMILES string of the molecule is Cc1nc2c(F)cc(-c3c[nH]c4nc(Nc5cccc(N6CCN(C)CC6)c5)ccc34)cc2n1C1CCN(C)CC1. The van der Waals surface area contributed by atoms with Crippen molar-refractivity contribution < 1.29 is 4.39 Å². The van der Waals surface area contributed by atoms with Gasteiger partial charge in [-0.05, 0) is 95.0 Å². The van der Waals surface area contributed by atoms with E-state index in [4.69, 9.17) is 4.98 Å². The average molecular weight is 553 g/mol. The lowest BCUT2D eigenvalue weighted by atomic mass is 10.0. The quantitative estimate of drug-likeness (QED) is 0.288. The Bertz CT molecular complexity index is 1710. The fourth-order valence-electron chi connectivity index (χ4n) is 6.44. The number of nitrogens with one attached hydrogen (secondary N) is 2. The van der Waals surface area contributed by atoms with Gasteiger partial charge in [0, 0.05) is 60.7 Å². The summed E-state index contributed by atoms with van der Waals surface area (Å²) in [6.45, 7) is 8.26. The highest BCUT2D eigenvalue weighted by Crippen LogP contribution is 2.35. The van der Waals surface area contributed by atoms with Crippen LogP contribution < -0.4 is 10.2 Å². The van der Waals surface area contributed by atoms with E-state index >= 15 is 4.39 Å². The number of likely N-dealkylation sites (tertiary alicyclic amines) is 1.